The van der Waals surface area contributed by atoms with E-state index in [0.29, 0.717) is 24.1 Å². The molecule has 1 fully saturated rings. The number of ether oxygens (including phenoxy) is 3. The molecule has 1 saturated heterocycles. The molecule has 8 heteroatoms. The van der Waals surface area contributed by atoms with Gasteiger partial charge in [-0.05, 0) is 98.6 Å². The lowest BCUT2D eigenvalue weighted by atomic mass is 9.87. The van der Waals surface area contributed by atoms with Gasteiger partial charge < -0.3 is 19.1 Å². The number of nitrogens with one attached hydrogen (secondary N) is 1. The highest BCUT2D eigenvalue weighted by atomic mass is 32.2. The molecule has 7 nitrogen and oxygen atoms in total. The van der Waals surface area contributed by atoms with E-state index in [9.17, 15) is 8.42 Å². The summed E-state index contributed by atoms with van der Waals surface area (Å²) < 4.78 is 42.5. The van der Waals surface area contributed by atoms with Crippen LogP contribution in [0.5, 0.6) is 17.2 Å². The number of anilines is 1. The molecule has 0 aliphatic carbocycles. The van der Waals surface area contributed by atoms with Crippen molar-refractivity contribution in [2.24, 2.45) is 0 Å². The number of rotatable bonds is 8. The third-order valence-corrected chi connectivity index (χ3v) is 7.34. The van der Waals surface area contributed by atoms with Crippen LogP contribution < -0.4 is 18.9 Å². The van der Waals surface area contributed by atoms with Crippen LogP contribution >= 0.6 is 0 Å². The summed E-state index contributed by atoms with van der Waals surface area (Å²) in [6.07, 6.45) is 5.42. The molecule has 2 aromatic rings. The maximum absolute atomic E-state index is 11.6. The summed E-state index contributed by atoms with van der Waals surface area (Å²) in [4.78, 5) is 2.55. The predicted octanol–water partition coefficient (Wildman–Crippen LogP) is 4.21. The van der Waals surface area contributed by atoms with Crippen LogP contribution in [0, 0.1) is 0 Å². The van der Waals surface area contributed by atoms with Crippen LogP contribution in [0.3, 0.4) is 0 Å². The molecule has 4 rings (SSSR count). The van der Waals surface area contributed by atoms with Gasteiger partial charge in [-0.1, -0.05) is 6.07 Å². The number of fused-ring (bicyclic) bond motifs is 1. The van der Waals surface area contributed by atoms with Gasteiger partial charge >= 0.3 is 0 Å². The largest absolute Gasteiger partial charge is 0.493 e. The zero-order valence-electron chi connectivity index (χ0n) is 19.7. The molecule has 2 aromatic carbocycles. The van der Waals surface area contributed by atoms with Gasteiger partial charge in [0.05, 0.1) is 27.1 Å². The lowest BCUT2D eigenvalue weighted by Crippen LogP contribution is -2.34. The van der Waals surface area contributed by atoms with Crippen LogP contribution in [-0.4, -0.2) is 60.0 Å². The van der Waals surface area contributed by atoms with E-state index in [1.807, 2.05) is 18.2 Å². The van der Waals surface area contributed by atoms with Crippen LogP contribution in [0.2, 0.25) is 0 Å². The van der Waals surface area contributed by atoms with E-state index in [4.69, 9.17) is 14.2 Å². The molecule has 33 heavy (non-hydrogen) atoms. The SMILES string of the molecule is COc1ccc(C2CCN(CCC3CCOc4ccc(NS(C)(=O)=O)cc43)CC2)cc1OC. The molecule has 1 N–H and O–H groups in total. The van der Waals surface area contributed by atoms with Crippen molar-refractivity contribution in [3.63, 3.8) is 0 Å². The van der Waals surface area contributed by atoms with E-state index in [-0.39, 0.29) is 0 Å². The van der Waals surface area contributed by atoms with Crippen molar-refractivity contribution >= 4 is 15.7 Å². The Kier molecular flexibility index (Phi) is 7.34. The van der Waals surface area contributed by atoms with Crippen molar-refractivity contribution < 1.29 is 22.6 Å². The average molecular weight is 475 g/mol. The maximum Gasteiger partial charge on any atom is 0.229 e. The molecule has 1 atom stereocenters. The highest BCUT2D eigenvalue weighted by Gasteiger charge is 2.25. The standard InChI is InChI=1S/C25H34N2O5S/c1-30-24-6-4-20(16-25(24)31-2)18-8-12-27(13-9-18)14-10-19-11-15-32-23-7-5-21(17-22(19)23)26-33(3,28)29/h4-7,16-19,26H,8-15H2,1-3H3. The Labute approximate surface area is 197 Å². The first-order chi connectivity index (χ1) is 15.9. The Morgan fingerprint density at radius 2 is 1.79 bits per heavy atom. The van der Waals surface area contributed by atoms with Crippen LogP contribution in [0.4, 0.5) is 5.69 Å². The minimum Gasteiger partial charge on any atom is -0.493 e. The quantitative estimate of drug-likeness (QED) is 0.618. The molecule has 0 spiro atoms. The number of hydrogen-bond acceptors (Lipinski definition) is 6. The van der Waals surface area contributed by atoms with Crippen molar-refractivity contribution in [2.45, 2.75) is 37.5 Å². The van der Waals surface area contributed by atoms with Crippen LogP contribution in [0.15, 0.2) is 36.4 Å². The molecule has 180 valence electrons. The number of sulfonamides is 1. The normalized spacial score (nSPS) is 19.4. The Hall–Kier alpha value is -2.45. The Morgan fingerprint density at radius 3 is 2.48 bits per heavy atom. The monoisotopic (exact) mass is 474 g/mol. The fourth-order valence-corrected chi connectivity index (χ4v) is 5.53. The highest BCUT2D eigenvalue weighted by molar-refractivity contribution is 7.92. The number of hydrogen-bond donors (Lipinski definition) is 1. The third kappa shape index (κ3) is 5.92. The van der Waals surface area contributed by atoms with Gasteiger partial charge in [0, 0.05) is 5.69 Å². The first-order valence-corrected chi connectivity index (χ1v) is 13.4. The first-order valence-electron chi connectivity index (χ1n) is 11.5. The smallest absolute Gasteiger partial charge is 0.229 e. The van der Waals surface area contributed by atoms with Crippen LogP contribution in [-0.2, 0) is 10.0 Å². The summed E-state index contributed by atoms with van der Waals surface area (Å²) in [7, 11) is 0.0408. The first kappa shape index (κ1) is 23.7. The molecule has 0 aromatic heterocycles. The predicted molar refractivity (Wildman–Crippen MR) is 130 cm³/mol. The maximum atomic E-state index is 11.6. The van der Waals surface area contributed by atoms with E-state index >= 15 is 0 Å². The minimum absolute atomic E-state index is 0.374. The van der Waals surface area contributed by atoms with E-state index in [2.05, 4.69) is 21.8 Å². The van der Waals surface area contributed by atoms with Crippen molar-refractivity contribution in [3.05, 3.63) is 47.5 Å². The number of likely N-dealkylation sites (tertiary alicyclic amines) is 1. The van der Waals surface area contributed by atoms with E-state index in [1.54, 1.807) is 20.3 Å². The van der Waals surface area contributed by atoms with Crippen LogP contribution in [0.25, 0.3) is 0 Å². The summed E-state index contributed by atoms with van der Waals surface area (Å²) in [5.74, 6) is 3.34. The van der Waals surface area contributed by atoms with Gasteiger partial charge in [-0.25, -0.2) is 8.42 Å². The average Bonchev–Trinajstić information content (AvgIpc) is 2.81. The molecular formula is C25H34N2O5S. The number of methoxy groups -OCH3 is 2. The van der Waals surface area contributed by atoms with E-state index in [1.165, 1.54) is 11.8 Å². The van der Waals surface area contributed by atoms with Gasteiger partial charge in [-0.2, -0.15) is 0 Å². The van der Waals surface area contributed by atoms with E-state index < -0.39 is 10.0 Å². The second-order valence-corrected chi connectivity index (χ2v) is 10.7. The summed E-state index contributed by atoms with van der Waals surface area (Å²) in [6, 6.07) is 11.8. The lowest BCUT2D eigenvalue weighted by Gasteiger charge is -2.34. The molecule has 2 heterocycles. The van der Waals surface area contributed by atoms with Gasteiger partial charge in [-0.15, -0.1) is 0 Å². The molecule has 0 saturated carbocycles. The van der Waals surface area contributed by atoms with Crippen molar-refractivity contribution in [3.8, 4) is 17.2 Å². The summed E-state index contributed by atoms with van der Waals surface area (Å²) in [6.45, 7) is 3.89. The fraction of sp³-hybridized carbons (Fsp3) is 0.520. The summed E-state index contributed by atoms with van der Waals surface area (Å²) >= 11 is 0. The van der Waals surface area contributed by atoms with Gasteiger partial charge in [0.25, 0.3) is 0 Å². The van der Waals surface area contributed by atoms with Gasteiger partial charge in [-0.3, -0.25) is 4.72 Å². The van der Waals surface area contributed by atoms with Gasteiger partial charge in [0.15, 0.2) is 11.5 Å². The lowest BCUT2D eigenvalue weighted by molar-refractivity contribution is 0.194. The number of benzene rings is 2. The molecule has 0 amide bonds. The second kappa shape index (κ2) is 10.2. The topological polar surface area (TPSA) is 77.1 Å². The fourth-order valence-electron chi connectivity index (χ4n) is 4.98. The zero-order valence-corrected chi connectivity index (χ0v) is 20.5. The Balaban J connectivity index is 1.34. The number of nitrogens with zero attached hydrogens (tertiary/aromatic N) is 1. The summed E-state index contributed by atoms with van der Waals surface area (Å²) in [5, 5.41) is 0. The second-order valence-electron chi connectivity index (χ2n) is 8.98. The Bertz CT molecular complexity index is 1060. The molecule has 2 aliphatic rings. The van der Waals surface area contributed by atoms with Gasteiger partial charge in [0.2, 0.25) is 10.0 Å². The third-order valence-electron chi connectivity index (χ3n) is 6.74. The van der Waals surface area contributed by atoms with Crippen molar-refractivity contribution in [1.82, 2.24) is 4.90 Å². The van der Waals surface area contributed by atoms with E-state index in [0.717, 1.165) is 68.1 Å². The molecule has 0 bridgehead atoms. The molecular weight excluding hydrogens is 440 g/mol. The van der Waals surface area contributed by atoms with Crippen molar-refractivity contribution in [2.75, 3.05) is 51.4 Å². The van der Waals surface area contributed by atoms with Crippen molar-refractivity contribution in [1.29, 1.82) is 0 Å². The molecule has 2 aliphatic heterocycles. The Morgan fingerprint density at radius 1 is 1.03 bits per heavy atom. The van der Waals surface area contributed by atoms with Gasteiger partial charge in [0.1, 0.15) is 5.75 Å². The summed E-state index contributed by atoms with van der Waals surface area (Å²) in [5.41, 5.74) is 3.02. The molecule has 0 radical (unpaired) electrons. The minimum atomic E-state index is -3.30. The molecule has 1 unspecified atom stereocenters. The number of piperidine rings is 1. The highest BCUT2D eigenvalue weighted by Crippen LogP contribution is 2.39. The zero-order chi connectivity index (χ0) is 23.4. The van der Waals surface area contributed by atoms with Crippen LogP contribution in [0.1, 0.15) is 48.6 Å².